The lowest BCUT2D eigenvalue weighted by Crippen LogP contribution is -1.78. The Morgan fingerprint density at radius 2 is 0.552 bits per heavy atom. The molecule has 10 heteroatoms. The number of thiophene rings is 10. The summed E-state index contributed by atoms with van der Waals surface area (Å²) in [7, 11) is 0. The molecule has 0 amide bonds. The van der Waals surface area contributed by atoms with Crippen LogP contribution in [0.25, 0.3) is 48.8 Å². The predicted molar refractivity (Wildman–Crippen MR) is 262 cm³/mol. The third kappa shape index (κ3) is 8.52. The molecule has 10 heterocycles. The molecule has 0 nitrogen and oxygen atoms in total. The highest BCUT2D eigenvalue weighted by Crippen LogP contribution is 2.41. The highest BCUT2D eigenvalue weighted by Gasteiger charge is 2.17. The number of rotatable bonds is 5. The Bertz CT molecular complexity index is 3020. The van der Waals surface area contributed by atoms with Crippen LogP contribution in [0.3, 0.4) is 0 Å². The molecule has 58 heavy (non-hydrogen) atoms. The van der Waals surface area contributed by atoms with E-state index in [2.05, 4.69) is 178 Å². The molecule has 0 N–H and O–H groups in total. The van der Waals surface area contributed by atoms with Crippen molar-refractivity contribution in [1.82, 2.24) is 0 Å². The van der Waals surface area contributed by atoms with Gasteiger partial charge in [0.1, 0.15) is 0 Å². The van der Waals surface area contributed by atoms with E-state index in [0.717, 1.165) is 50.1 Å². The third-order valence-corrected chi connectivity index (χ3v) is 18.9. The van der Waals surface area contributed by atoms with E-state index in [1.807, 2.05) is 0 Å². The smallest absolute Gasteiger partial charge is 0.0792 e. The van der Waals surface area contributed by atoms with Crippen LogP contribution in [0.1, 0.15) is 40.4 Å². The second-order valence-corrected chi connectivity index (χ2v) is 22.5. The number of hydrogen-bond donors (Lipinski definition) is 0. The van der Waals surface area contributed by atoms with Gasteiger partial charge in [0.15, 0.2) is 0 Å². The molecule has 10 aromatic heterocycles. The molecule has 0 spiro atoms. The molecule has 10 rings (SSSR count). The Balaban J connectivity index is 1.05. The molecule has 10 aromatic rings. The first kappa shape index (κ1) is 37.5. The minimum Gasteiger partial charge on any atom is -0.143 e. The summed E-state index contributed by atoms with van der Waals surface area (Å²) in [5.41, 5.74) is 1.90. The zero-order chi connectivity index (χ0) is 38.7. The van der Waals surface area contributed by atoms with E-state index in [9.17, 15) is 0 Å². The van der Waals surface area contributed by atoms with Gasteiger partial charge in [-0.2, -0.15) is 0 Å². The second-order valence-electron chi connectivity index (χ2n) is 12.3. The maximum absolute atomic E-state index is 3.57. The van der Waals surface area contributed by atoms with E-state index in [0.29, 0.717) is 0 Å². The molecule has 0 aliphatic rings. The zero-order valence-corrected chi connectivity index (χ0v) is 37.9. The van der Waals surface area contributed by atoms with Crippen molar-refractivity contribution in [3.63, 3.8) is 0 Å². The molecular weight excluding hydrogens is 897 g/mol. The fourth-order valence-corrected chi connectivity index (χ4v) is 14.6. The predicted octanol–water partition coefficient (Wildman–Crippen LogP) is 16.2. The quantitative estimate of drug-likeness (QED) is 0.151. The summed E-state index contributed by atoms with van der Waals surface area (Å²) in [5, 5.41) is 8.46. The molecule has 0 aliphatic carbocycles. The van der Waals surface area contributed by atoms with Gasteiger partial charge in [-0.05, 0) is 130 Å². The molecule has 0 aliphatic heterocycles. The second kappa shape index (κ2) is 17.2. The summed E-state index contributed by atoms with van der Waals surface area (Å²) in [6, 6.07) is 38.4. The van der Waals surface area contributed by atoms with E-state index < -0.39 is 0 Å². The van der Waals surface area contributed by atoms with E-state index in [4.69, 9.17) is 0 Å². The van der Waals surface area contributed by atoms with Gasteiger partial charge >= 0.3 is 0 Å². The summed E-state index contributed by atoms with van der Waals surface area (Å²) in [4.78, 5) is 18.2. The first-order valence-corrected chi connectivity index (χ1v) is 26.0. The van der Waals surface area contributed by atoms with Crippen molar-refractivity contribution in [3.05, 3.63) is 171 Å². The Kier molecular flexibility index (Phi) is 11.1. The SMILES string of the molecule is C(#Cc1cc(C#Cc2ccc(-c3cccs3)s2)c(-c2sc(C#Cc3ccc(-c4cccs4)s3)cc2C#Cc2ccc(-c3cccs3)s2)s1)c1ccc(-c2cccs2)s1. The van der Waals surface area contributed by atoms with E-state index in [1.165, 1.54) is 39.0 Å². The van der Waals surface area contributed by atoms with Gasteiger partial charge in [-0.25, -0.2) is 0 Å². The molecule has 0 fully saturated rings. The summed E-state index contributed by atoms with van der Waals surface area (Å²) in [6.07, 6.45) is 0. The molecule has 0 atom stereocenters. The van der Waals surface area contributed by atoms with Gasteiger partial charge < -0.3 is 0 Å². The van der Waals surface area contributed by atoms with E-state index >= 15 is 0 Å². The molecule has 274 valence electrons. The summed E-state index contributed by atoms with van der Waals surface area (Å²) in [6.45, 7) is 0. The van der Waals surface area contributed by atoms with Crippen LogP contribution < -0.4 is 0 Å². The van der Waals surface area contributed by atoms with Crippen molar-refractivity contribution >= 4 is 113 Å². The van der Waals surface area contributed by atoms with Crippen molar-refractivity contribution in [2.24, 2.45) is 0 Å². The van der Waals surface area contributed by atoms with Crippen molar-refractivity contribution in [3.8, 4) is 96.1 Å². The van der Waals surface area contributed by atoms with Gasteiger partial charge in [-0.1, -0.05) is 47.9 Å². The minimum atomic E-state index is 0.949. The standard InChI is InChI=1S/C48H22S10/c1-5-39(49-25-1)43-21-17-33(53-43)11-9-31-29-37(15-13-35-19-23-45(55-35)41-7-3-27-51-41)57-47(31)48-32(10-12-34-18-22-44(54-34)40-6-2-26-50-40)30-38(58-48)16-14-36-20-24-46(56-36)42-8-4-28-52-42/h1-8,17-30H. The first-order valence-electron chi connectivity index (χ1n) is 17.6. The first-order chi connectivity index (χ1) is 28.7. The van der Waals surface area contributed by atoms with Gasteiger partial charge in [-0.15, -0.1) is 113 Å². The third-order valence-electron chi connectivity index (χ3n) is 8.41. The van der Waals surface area contributed by atoms with Crippen LogP contribution in [0.5, 0.6) is 0 Å². The van der Waals surface area contributed by atoms with Gasteiger partial charge in [0.25, 0.3) is 0 Å². The lowest BCUT2D eigenvalue weighted by Gasteiger charge is -1.96. The molecule has 0 aromatic carbocycles. The highest BCUT2D eigenvalue weighted by molar-refractivity contribution is 7.24. The van der Waals surface area contributed by atoms with Crippen molar-refractivity contribution < 1.29 is 0 Å². The molecule has 0 bridgehead atoms. The highest BCUT2D eigenvalue weighted by atomic mass is 32.1. The normalized spacial score (nSPS) is 10.6. The fourth-order valence-electron chi connectivity index (χ4n) is 5.76. The molecule has 0 saturated carbocycles. The van der Waals surface area contributed by atoms with Crippen LogP contribution in [-0.4, -0.2) is 0 Å². The summed E-state index contributed by atoms with van der Waals surface area (Å²) in [5.74, 6) is 28.0. The van der Waals surface area contributed by atoms with Crippen LogP contribution in [0.4, 0.5) is 0 Å². The fraction of sp³-hybridized carbons (Fsp3) is 0. The van der Waals surface area contributed by atoms with Gasteiger partial charge in [-0.3, -0.25) is 0 Å². The van der Waals surface area contributed by atoms with Crippen molar-refractivity contribution in [1.29, 1.82) is 0 Å². The van der Waals surface area contributed by atoms with Crippen LogP contribution >= 0.6 is 113 Å². The van der Waals surface area contributed by atoms with Gasteiger partial charge in [0, 0.05) is 50.1 Å². The average molecular weight is 919 g/mol. The summed E-state index contributed by atoms with van der Waals surface area (Å²) < 4.78 is 0. The summed E-state index contributed by atoms with van der Waals surface area (Å²) >= 11 is 17.3. The van der Waals surface area contributed by atoms with Gasteiger partial charge in [0.05, 0.1) is 39.0 Å². The van der Waals surface area contributed by atoms with Crippen LogP contribution in [0, 0.1) is 47.4 Å². The van der Waals surface area contributed by atoms with Crippen molar-refractivity contribution in [2.75, 3.05) is 0 Å². The minimum absolute atomic E-state index is 0.949. The van der Waals surface area contributed by atoms with Crippen LogP contribution in [0.2, 0.25) is 0 Å². The topological polar surface area (TPSA) is 0 Å². The van der Waals surface area contributed by atoms with Crippen LogP contribution in [-0.2, 0) is 0 Å². The molecule has 0 radical (unpaired) electrons. The largest absolute Gasteiger partial charge is 0.143 e. The Morgan fingerprint density at radius 1 is 0.259 bits per heavy atom. The van der Waals surface area contributed by atoms with Gasteiger partial charge in [0.2, 0.25) is 0 Å². The molecule has 0 saturated heterocycles. The Hall–Kier alpha value is -4.76. The lowest BCUT2D eigenvalue weighted by molar-refractivity contribution is 1.75. The van der Waals surface area contributed by atoms with Crippen LogP contribution in [0.15, 0.2) is 131 Å². The zero-order valence-electron chi connectivity index (χ0n) is 29.8. The Labute approximate surface area is 376 Å². The monoisotopic (exact) mass is 918 g/mol. The lowest BCUT2D eigenvalue weighted by atomic mass is 10.1. The Morgan fingerprint density at radius 3 is 0.845 bits per heavy atom. The van der Waals surface area contributed by atoms with Crippen molar-refractivity contribution in [2.45, 2.75) is 0 Å². The average Bonchev–Trinajstić information content (AvgIpc) is 4.07. The molecular formula is C48H22S10. The maximum atomic E-state index is 3.57. The van der Waals surface area contributed by atoms with E-state index in [-0.39, 0.29) is 0 Å². The molecule has 0 unspecified atom stereocenters. The maximum Gasteiger partial charge on any atom is 0.0792 e. The number of hydrogen-bond acceptors (Lipinski definition) is 10. The van der Waals surface area contributed by atoms with E-state index in [1.54, 1.807) is 113 Å².